The van der Waals surface area contributed by atoms with E-state index in [-0.39, 0.29) is 5.91 Å². The molecule has 0 saturated heterocycles. The smallest absolute Gasteiger partial charge is 0.242 e. The third-order valence-electron chi connectivity index (χ3n) is 4.74. The lowest BCUT2D eigenvalue weighted by molar-refractivity contribution is -0.121. The first-order valence-electron chi connectivity index (χ1n) is 8.46. The maximum atomic E-state index is 13.1. The molecule has 1 aromatic carbocycles. The van der Waals surface area contributed by atoms with Gasteiger partial charge in [-0.2, -0.15) is 5.10 Å². The second-order valence-electron chi connectivity index (χ2n) is 7.07. The van der Waals surface area contributed by atoms with Crippen LogP contribution < -0.4 is 4.90 Å². The third-order valence-corrected chi connectivity index (χ3v) is 4.74. The third kappa shape index (κ3) is 2.45. The topological polar surface area (TPSA) is 71.9 Å². The maximum absolute atomic E-state index is 13.1. The van der Waals surface area contributed by atoms with Crippen LogP contribution in [0.4, 0.5) is 11.5 Å². The summed E-state index contributed by atoms with van der Waals surface area (Å²) in [7, 11) is 0. The fourth-order valence-corrected chi connectivity index (χ4v) is 3.19. The van der Waals surface area contributed by atoms with Gasteiger partial charge in [-0.25, -0.2) is 0 Å². The summed E-state index contributed by atoms with van der Waals surface area (Å²) >= 11 is 0. The molecule has 1 amide bonds. The highest BCUT2D eigenvalue weighted by Crippen LogP contribution is 2.45. The maximum Gasteiger partial charge on any atom is 0.242 e. The largest absolute Gasteiger partial charge is 0.273 e. The van der Waals surface area contributed by atoms with E-state index < -0.39 is 5.41 Å². The molecule has 0 unspecified atom stereocenters. The van der Waals surface area contributed by atoms with Gasteiger partial charge in [0.2, 0.25) is 5.91 Å². The lowest BCUT2D eigenvalue weighted by atomic mass is 9.86. The van der Waals surface area contributed by atoms with Crippen molar-refractivity contribution in [2.75, 3.05) is 4.90 Å². The van der Waals surface area contributed by atoms with Crippen molar-refractivity contribution < 1.29 is 4.79 Å². The highest BCUT2D eigenvalue weighted by Gasteiger charge is 2.45. The summed E-state index contributed by atoms with van der Waals surface area (Å²) in [6.07, 6.45) is 3.48. The first kappa shape index (κ1) is 16.3. The van der Waals surface area contributed by atoms with Crippen molar-refractivity contribution in [3.05, 3.63) is 59.7 Å². The molecule has 0 saturated carbocycles. The number of hydrogen-bond donors (Lipinski definition) is 0. The van der Waals surface area contributed by atoms with Crippen LogP contribution >= 0.6 is 0 Å². The Labute approximate surface area is 151 Å². The average Bonchev–Trinajstić information content (AvgIpc) is 2.83. The van der Waals surface area contributed by atoms with E-state index in [9.17, 15) is 4.79 Å². The molecule has 1 aliphatic heterocycles. The van der Waals surface area contributed by atoms with Crippen molar-refractivity contribution in [2.45, 2.75) is 33.1 Å². The van der Waals surface area contributed by atoms with Crippen LogP contribution in [-0.4, -0.2) is 26.1 Å². The molecule has 130 valence electrons. The van der Waals surface area contributed by atoms with Gasteiger partial charge in [0.05, 0.1) is 34.4 Å². The Morgan fingerprint density at radius 1 is 0.923 bits per heavy atom. The molecule has 0 atom stereocenters. The molecule has 0 radical (unpaired) electrons. The number of nitrogens with zero attached hydrogens (tertiary/aromatic N) is 5. The lowest BCUT2D eigenvalue weighted by Gasteiger charge is -2.19. The van der Waals surface area contributed by atoms with Gasteiger partial charge in [-0.1, -0.05) is 12.1 Å². The minimum atomic E-state index is -0.626. The van der Waals surface area contributed by atoms with E-state index in [1.54, 1.807) is 17.3 Å². The molecule has 0 bridgehead atoms. The van der Waals surface area contributed by atoms with Gasteiger partial charge in [-0.15, -0.1) is 5.10 Å². The molecule has 26 heavy (non-hydrogen) atoms. The van der Waals surface area contributed by atoms with Gasteiger partial charge in [0, 0.05) is 11.8 Å². The number of rotatable bonds is 2. The number of fused-ring (bicyclic) bond motifs is 1. The van der Waals surface area contributed by atoms with Crippen LogP contribution in [0.5, 0.6) is 0 Å². The predicted molar refractivity (Wildman–Crippen MR) is 99.1 cm³/mol. The van der Waals surface area contributed by atoms with Gasteiger partial charge >= 0.3 is 0 Å². The first-order valence-corrected chi connectivity index (χ1v) is 8.46. The SMILES string of the molecule is Cc1cnc(-c2ccc3c(c2)N(c2ccc(C)nn2)C(=O)C3(C)C)cn1. The zero-order chi connectivity index (χ0) is 18.5. The first-order chi connectivity index (χ1) is 12.4. The van der Waals surface area contributed by atoms with E-state index in [4.69, 9.17) is 0 Å². The average molecular weight is 345 g/mol. The van der Waals surface area contributed by atoms with E-state index in [0.717, 1.165) is 33.9 Å². The summed E-state index contributed by atoms with van der Waals surface area (Å²) in [6.45, 7) is 7.63. The van der Waals surface area contributed by atoms with E-state index >= 15 is 0 Å². The van der Waals surface area contributed by atoms with Crippen LogP contribution in [0.3, 0.4) is 0 Å². The van der Waals surface area contributed by atoms with Crippen LogP contribution in [0.1, 0.15) is 30.8 Å². The van der Waals surface area contributed by atoms with Gasteiger partial charge in [0.1, 0.15) is 0 Å². The Balaban J connectivity index is 1.87. The minimum Gasteiger partial charge on any atom is -0.273 e. The Bertz CT molecular complexity index is 994. The Kier molecular flexibility index (Phi) is 3.57. The number of carbonyl (C=O) groups is 1. The quantitative estimate of drug-likeness (QED) is 0.711. The number of anilines is 2. The van der Waals surface area contributed by atoms with Crippen molar-refractivity contribution in [3.63, 3.8) is 0 Å². The van der Waals surface area contributed by atoms with Crippen molar-refractivity contribution in [1.29, 1.82) is 0 Å². The van der Waals surface area contributed by atoms with Crippen molar-refractivity contribution in [1.82, 2.24) is 20.2 Å². The monoisotopic (exact) mass is 345 g/mol. The molecule has 3 heterocycles. The summed E-state index contributed by atoms with van der Waals surface area (Å²) in [5.74, 6) is 0.511. The fourth-order valence-electron chi connectivity index (χ4n) is 3.19. The highest BCUT2D eigenvalue weighted by atomic mass is 16.2. The minimum absolute atomic E-state index is 0.0159. The second kappa shape index (κ2) is 5.69. The van der Waals surface area contributed by atoms with Crippen molar-refractivity contribution in [2.24, 2.45) is 0 Å². The molecule has 3 aromatic rings. The summed E-state index contributed by atoms with van der Waals surface area (Å²) in [6, 6.07) is 9.63. The van der Waals surface area contributed by atoms with E-state index in [2.05, 4.69) is 20.2 Å². The number of hydrogen-bond acceptors (Lipinski definition) is 5. The van der Waals surface area contributed by atoms with Gasteiger partial charge in [-0.05, 0) is 51.5 Å². The highest BCUT2D eigenvalue weighted by molar-refractivity contribution is 6.12. The number of carbonyl (C=O) groups excluding carboxylic acids is 1. The summed E-state index contributed by atoms with van der Waals surface area (Å²) in [4.78, 5) is 23.5. The molecule has 0 spiro atoms. The Morgan fingerprint density at radius 2 is 1.73 bits per heavy atom. The number of amides is 1. The molecule has 6 nitrogen and oxygen atoms in total. The van der Waals surface area contributed by atoms with Crippen LogP contribution in [-0.2, 0) is 10.2 Å². The van der Waals surface area contributed by atoms with E-state index in [1.807, 2.05) is 58.0 Å². The van der Waals surface area contributed by atoms with Crippen molar-refractivity contribution in [3.8, 4) is 11.3 Å². The molecule has 0 N–H and O–H groups in total. The van der Waals surface area contributed by atoms with Crippen molar-refractivity contribution >= 4 is 17.4 Å². The van der Waals surface area contributed by atoms with Crippen LogP contribution in [0.2, 0.25) is 0 Å². The van der Waals surface area contributed by atoms with E-state index in [1.165, 1.54) is 0 Å². The Hall–Kier alpha value is -3.15. The number of aromatic nitrogens is 4. The molecule has 0 fully saturated rings. The number of aryl methyl sites for hydroxylation is 2. The van der Waals surface area contributed by atoms with E-state index in [0.29, 0.717) is 5.82 Å². The number of benzene rings is 1. The van der Waals surface area contributed by atoms with Crippen LogP contribution in [0.25, 0.3) is 11.3 Å². The molecule has 6 heteroatoms. The zero-order valence-electron chi connectivity index (χ0n) is 15.2. The van der Waals surface area contributed by atoms with Gasteiger partial charge < -0.3 is 0 Å². The van der Waals surface area contributed by atoms with Gasteiger partial charge in [0.15, 0.2) is 5.82 Å². The summed E-state index contributed by atoms with van der Waals surface area (Å²) < 4.78 is 0. The summed E-state index contributed by atoms with van der Waals surface area (Å²) in [5, 5.41) is 8.32. The predicted octanol–water partition coefficient (Wildman–Crippen LogP) is 3.51. The van der Waals surface area contributed by atoms with Crippen LogP contribution in [0, 0.1) is 13.8 Å². The normalized spacial score (nSPS) is 15.2. The van der Waals surface area contributed by atoms with Gasteiger partial charge in [-0.3, -0.25) is 19.7 Å². The zero-order valence-corrected chi connectivity index (χ0v) is 15.2. The molecular formula is C20H19N5O. The summed E-state index contributed by atoms with van der Waals surface area (Å²) in [5.41, 5.74) is 4.51. The lowest BCUT2D eigenvalue weighted by Crippen LogP contribution is -2.33. The molecule has 0 aliphatic carbocycles. The Morgan fingerprint density at radius 3 is 2.38 bits per heavy atom. The molecule has 1 aliphatic rings. The second-order valence-corrected chi connectivity index (χ2v) is 7.07. The molecular weight excluding hydrogens is 326 g/mol. The molecule has 2 aromatic heterocycles. The standard InChI is InChI=1S/C20H19N5O/c1-12-5-8-18(24-23-12)25-17-9-14(16-11-21-13(2)10-22-16)6-7-15(17)20(3,4)19(25)26/h5-11H,1-4H3. The van der Waals surface area contributed by atoms with Gasteiger partial charge in [0.25, 0.3) is 0 Å². The molecule has 4 rings (SSSR count). The van der Waals surface area contributed by atoms with Crippen LogP contribution in [0.15, 0.2) is 42.7 Å². The fraction of sp³-hybridized carbons (Fsp3) is 0.250.